The van der Waals surface area contributed by atoms with Gasteiger partial charge in [0.25, 0.3) is 0 Å². The number of halogens is 2. The van der Waals surface area contributed by atoms with Crippen LogP contribution in [0.15, 0.2) is 27.6 Å². The van der Waals surface area contributed by atoms with Crippen LogP contribution in [0.25, 0.3) is 0 Å². The van der Waals surface area contributed by atoms with Crippen molar-refractivity contribution < 1.29 is 13.2 Å². The van der Waals surface area contributed by atoms with Crippen molar-refractivity contribution in [1.29, 1.82) is 0 Å². The number of methoxy groups -OCH3 is 1. The van der Waals surface area contributed by atoms with Crippen LogP contribution < -0.4 is 10.1 Å². The lowest BCUT2D eigenvalue weighted by molar-refractivity contribution is 0.334. The minimum Gasteiger partial charge on any atom is -0.497 e. The van der Waals surface area contributed by atoms with E-state index in [1.807, 2.05) is 0 Å². The van der Waals surface area contributed by atoms with E-state index in [1.54, 1.807) is 29.6 Å². The molecule has 8 heteroatoms. The third kappa shape index (κ3) is 3.14. The van der Waals surface area contributed by atoms with E-state index in [9.17, 15) is 8.42 Å². The Kier molecular flexibility index (Phi) is 5.77. The van der Waals surface area contributed by atoms with Gasteiger partial charge in [-0.3, -0.25) is 0 Å². The van der Waals surface area contributed by atoms with Crippen molar-refractivity contribution in [3.8, 4) is 5.75 Å². The van der Waals surface area contributed by atoms with Gasteiger partial charge in [0.15, 0.2) is 0 Å². The summed E-state index contributed by atoms with van der Waals surface area (Å²) in [4.78, 5) is 0.321. The molecule has 2 aliphatic heterocycles. The molecule has 5 nitrogen and oxygen atoms in total. The van der Waals surface area contributed by atoms with Crippen LogP contribution in [-0.2, 0) is 10.0 Å². The summed E-state index contributed by atoms with van der Waals surface area (Å²) in [5.74, 6) is 0.640. The van der Waals surface area contributed by atoms with Crippen molar-refractivity contribution in [2.45, 2.75) is 36.2 Å². The molecule has 0 amide bonds. The summed E-state index contributed by atoms with van der Waals surface area (Å²) in [5, 5.41) is 3.33. The Balaban J connectivity index is 0.00000176. The van der Waals surface area contributed by atoms with Gasteiger partial charge in [-0.15, -0.1) is 12.4 Å². The second-order valence-corrected chi connectivity index (χ2v) is 8.18. The Morgan fingerprint density at radius 1 is 1.27 bits per heavy atom. The fraction of sp³-hybridized carbons (Fsp3) is 0.571. The molecule has 2 saturated heterocycles. The van der Waals surface area contributed by atoms with Crippen LogP contribution in [0.2, 0.25) is 0 Å². The SMILES string of the molecule is COc1ccc(S(=O)(=O)N2C3CCNCC2CC3)c(Br)c1.Cl. The number of hydrogen-bond donors (Lipinski definition) is 1. The maximum atomic E-state index is 13.0. The lowest BCUT2D eigenvalue weighted by Crippen LogP contribution is -2.42. The molecule has 0 radical (unpaired) electrons. The minimum atomic E-state index is -3.49. The van der Waals surface area contributed by atoms with E-state index in [1.165, 1.54) is 0 Å². The van der Waals surface area contributed by atoms with Crippen molar-refractivity contribution in [2.75, 3.05) is 20.2 Å². The van der Waals surface area contributed by atoms with Crippen LogP contribution in [0, 0.1) is 0 Å². The highest BCUT2D eigenvalue weighted by molar-refractivity contribution is 9.10. The average Bonchev–Trinajstić information content (AvgIpc) is 2.72. The van der Waals surface area contributed by atoms with Gasteiger partial charge < -0.3 is 10.1 Å². The Morgan fingerprint density at radius 3 is 2.68 bits per heavy atom. The zero-order chi connectivity index (χ0) is 15.0. The number of ether oxygens (including phenoxy) is 1. The topological polar surface area (TPSA) is 58.6 Å². The molecule has 1 N–H and O–H groups in total. The number of hydrogen-bond acceptors (Lipinski definition) is 4. The van der Waals surface area contributed by atoms with Crippen LogP contribution in [0.3, 0.4) is 0 Å². The van der Waals surface area contributed by atoms with Gasteiger partial charge in [-0.05, 0) is 59.9 Å². The summed E-state index contributed by atoms with van der Waals surface area (Å²) in [7, 11) is -1.92. The second kappa shape index (κ2) is 7.05. The van der Waals surface area contributed by atoms with Gasteiger partial charge in [-0.2, -0.15) is 4.31 Å². The number of nitrogens with one attached hydrogen (secondary N) is 1. The summed E-state index contributed by atoms with van der Waals surface area (Å²) in [6.45, 7) is 1.63. The molecule has 0 aromatic heterocycles. The second-order valence-electron chi connectivity index (χ2n) is 5.51. The van der Waals surface area contributed by atoms with E-state index in [0.29, 0.717) is 15.1 Å². The Morgan fingerprint density at radius 2 is 2.00 bits per heavy atom. The van der Waals surface area contributed by atoms with Crippen LogP contribution in [0.1, 0.15) is 19.3 Å². The monoisotopic (exact) mass is 410 g/mol. The molecule has 2 aliphatic rings. The number of benzene rings is 1. The van der Waals surface area contributed by atoms with Crippen molar-refractivity contribution >= 4 is 38.4 Å². The van der Waals surface area contributed by atoms with E-state index in [2.05, 4.69) is 21.2 Å². The first-order valence-corrected chi connectivity index (χ1v) is 9.35. The van der Waals surface area contributed by atoms with Gasteiger partial charge in [0, 0.05) is 23.1 Å². The first kappa shape index (κ1) is 18.0. The first-order chi connectivity index (χ1) is 10.0. The van der Waals surface area contributed by atoms with Gasteiger partial charge in [-0.25, -0.2) is 8.42 Å². The Hall–Kier alpha value is -0.340. The molecule has 124 valence electrons. The molecule has 2 atom stereocenters. The normalized spacial score (nSPS) is 25.4. The van der Waals surface area contributed by atoms with E-state index < -0.39 is 10.0 Å². The third-order valence-electron chi connectivity index (χ3n) is 4.28. The predicted molar refractivity (Wildman–Crippen MR) is 91.3 cm³/mol. The summed E-state index contributed by atoms with van der Waals surface area (Å²) in [5.41, 5.74) is 0. The molecule has 2 unspecified atom stereocenters. The van der Waals surface area contributed by atoms with Crippen molar-refractivity contribution in [3.05, 3.63) is 22.7 Å². The summed E-state index contributed by atoms with van der Waals surface area (Å²) >= 11 is 3.37. The lowest BCUT2D eigenvalue weighted by atomic mass is 10.1. The first-order valence-electron chi connectivity index (χ1n) is 7.12. The van der Waals surface area contributed by atoms with Crippen LogP contribution in [0.4, 0.5) is 0 Å². The average molecular weight is 412 g/mol. The largest absolute Gasteiger partial charge is 0.497 e. The number of rotatable bonds is 3. The molecule has 0 spiro atoms. The zero-order valence-electron chi connectivity index (χ0n) is 12.3. The Bertz CT molecular complexity index is 627. The standard InChI is InChI=1S/C14H19BrN2O3S.ClH/c1-20-12-4-5-14(13(15)8-12)21(18,19)17-10-2-3-11(17)9-16-7-6-10;/h4-5,8,10-11,16H,2-3,6-7,9H2,1H3;1H. The van der Waals surface area contributed by atoms with E-state index in [0.717, 1.165) is 32.4 Å². The molecular weight excluding hydrogens is 392 g/mol. The highest BCUT2D eigenvalue weighted by Crippen LogP contribution is 2.36. The fourth-order valence-electron chi connectivity index (χ4n) is 3.26. The molecule has 1 aromatic rings. The molecule has 0 saturated carbocycles. The fourth-order valence-corrected chi connectivity index (χ4v) is 6.18. The smallest absolute Gasteiger partial charge is 0.244 e. The molecule has 22 heavy (non-hydrogen) atoms. The highest BCUT2D eigenvalue weighted by atomic mass is 79.9. The van der Waals surface area contributed by atoms with E-state index in [-0.39, 0.29) is 24.5 Å². The summed E-state index contributed by atoms with van der Waals surface area (Å²) in [6.07, 6.45) is 2.77. The van der Waals surface area contributed by atoms with Crippen molar-refractivity contribution in [3.63, 3.8) is 0 Å². The molecule has 2 bridgehead atoms. The van der Waals surface area contributed by atoms with Crippen LogP contribution in [0.5, 0.6) is 5.75 Å². The van der Waals surface area contributed by atoms with Crippen molar-refractivity contribution in [1.82, 2.24) is 9.62 Å². The quantitative estimate of drug-likeness (QED) is 0.830. The van der Waals surface area contributed by atoms with Gasteiger partial charge in [0.2, 0.25) is 10.0 Å². The van der Waals surface area contributed by atoms with E-state index >= 15 is 0 Å². The minimum absolute atomic E-state index is 0. The summed E-state index contributed by atoms with van der Waals surface area (Å²) in [6, 6.07) is 5.19. The van der Waals surface area contributed by atoms with Crippen LogP contribution in [-0.4, -0.2) is 45.0 Å². The molecule has 0 aliphatic carbocycles. The van der Waals surface area contributed by atoms with Crippen LogP contribution >= 0.6 is 28.3 Å². The maximum absolute atomic E-state index is 13.0. The maximum Gasteiger partial charge on any atom is 0.244 e. The predicted octanol–water partition coefficient (Wildman–Crippen LogP) is 2.39. The molecule has 2 fully saturated rings. The summed E-state index contributed by atoms with van der Waals surface area (Å²) < 4.78 is 33.5. The van der Waals surface area contributed by atoms with Gasteiger partial charge in [0.1, 0.15) is 5.75 Å². The van der Waals surface area contributed by atoms with E-state index in [4.69, 9.17) is 4.74 Å². The van der Waals surface area contributed by atoms with Gasteiger partial charge in [0.05, 0.1) is 12.0 Å². The van der Waals surface area contributed by atoms with Crippen molar-refractivity contribution in [2.24, 2.45) is 0 Å². The number of nitrogens with zero attached hydrogens (tertiary/aromatic N) is 1. The third-order valence-corrected chi connectivity index (χ3v) is 7.26. The highest BCUT2D eigenvalue weighted by Gasteiger charge is 2.43. The lowest BCUT2D eigenvalue weighted by Gasteiger charge is -2.27. The van der Waals surface area contributed by atoms with Gasteiger partial charge >= 0.3 is 0 Å². The Labute approximate surface area is 146 Å². The number of sulfonamides is 1. The molecule has 2 heterocycles. The molecule has 1 aromatic carbocycles. The molecule has 3 rings (SSSR count). The number of fused-ring (bicyclic) bond motifs is 2. The molecular formula is C14H20BrClN2O3S. The zero-order valence-corrected chi connectivity index (χ0v) is 15.5. The van der Waals surface area contributed by atoms with Gasteiger partial charge in [-0.1, -0.05) is 0 Å².